The molecule has 0 fully saturated rings. The molecule has 0 unspecified atom stereocenters. The van der Waals surface area contributed by atoms with Crippen LogP contribution >= 0.6 is 11.6 Å². The largest absolute Gasteiger partial charge is 0.382 e. The molecule has 0 heterocycles. The van der Waals surface area contributed by atoms with E-state index in [0.717, 1.165) is 11.1 Å². The van der Waals surface area contributed by atoms with Crippen LogP contribution < -0.4 is 0 Å². The minimum Gasteiger partial charge on any atom is -0.382 e. The van der Waals surface area contributed by atoms with Gasteiger partial charge in [-0.15, -0.1) is 11.6 Å². The van der Waals surface area contributed by atoms with E-state index in [1.54, 1.807) is 48.5 Å². The zero-order valence-electron chi connectivity index (χ0n) is 15.3. The molecule has 2 aromatic carbocycles. The number of rotatable bonds is 6. The topological polar surface area (TPSA) is 74.6 Å². The summed E-state index contributed by atoms with van der Waals surface area (Å²) >= 11 is 6.51. The summed E-state index contributed by atoms with van der Waals surface area (Å²) in [5, 5.41) is 19.2. The molecule has 0 aromatic heterocycles. The van der Waals surface area contributed by atoms with Crippen LogP contribution in [0.2, 0.25) is 0 Å². The number of carbonyl (C=O) groups is 2. The van der Waals surface area contributed by atoms with Gasteiger partial charge >= 0.3 is 0 Å². The van der Waals surface area contributed by atoms with Crippen molar-refractivity contribution in [3.63, 3.8) is 0 Å². The first-order valence-corrected chi connectivity index (χ1v) is 8.73. The van der Waals surface area contributed by atoms with Crippen LogP contribution in [0.15, 0.2) is 48.5 Å². The Morgan fingerprint density at radius 1 is 0.731 bits per heavy atom. The van der Waals surface area contributed by atoms with Crippen molar-refractivity contribution in [3.05, 3.63) is 70.8 Å². The van der Waals surface area contributed by atoms with Crippen LogP contribution in [0, 0.1) is 0 Å². The van der Waals surface area contributed by atoms with Crippen molar-refractivity contribution in [1.82, 2.24) is 0 Å². The molecule has 2 N–H and O–H groups in total. The fraction of sp³-hybridized carbons (Fsp3) is 0.333. The third-order valence-electron chi connectivity index (χ3n) is 4.04. The minimum absolute atomic E-state index is 0.357. The first-order valence-electron chi connectivity index (χ1n) is 8.29. The number of aliphatic hydroxyl groups is 2. The monoisotopic (exact) mass is 374 g/mol. The van der Waals surface area contributed by atoms with E-state index in [1.165, 1.54) is 27.7 Å². The fourth-order valence-corrected chi connectivity index (χ4v) is 2.80. The summed E-state index contributed by atoms with van der Waals surface area (Å²) in [7, 11) is 0. The number of halogens is 1. The second-order valence-electron chi connectivity index (χ2n) is 7.38. The van der Waals surface area contributed by atoms with E-state index in [1.807, 2.05) is 0 Å². The quantitative estimate of drug-likeness (QED) is 0.593. The van der Waals surface area contributed by atoms with Crippen LogP contribution in [-0.4, -0.2) is 33.0 Å². The predicted octanol–water partition coefficient (Wildman–Crippen LogP) is 3.92. The summed E-state index contributed by atoms with van der Waals surface area (Å²) in [6.45, 7) is 5.79. The van der Waals surface area contributed by atoms with E-state index in [0.29, 0.717) is 11.1 Å². The maximum atomic E-state index is 12.1. The standard InChI is InChI=1S/C21H23ClO4/c1-20(2,25)18(23)15-9-5-13(6-10-15)17(22)14-7-11-16(12-8-14)19(24)21(3,4)26/h5-12,17,25-26H,1-4H3. The Labute approximate surface area is 158 Å². The lowest BCUT2D eigenvalue weighted by Crippen LogP contribution is -2.31. The molecule has 2 aromatic rings. The van der Waals surface area contributed by atoms with Gasteiger partial charge in [0.1, 0.15) is 11.2 Å². The van der Waals surface area contributed by atoms with Crippen molar-refractivity contribution in [2.24, 2.45) is 0 Å². The molecule has 2 rings (SSSR count). The maximum absolute atomic E-state index is 12.1. The van der Waals surface area contributed by atoms with Crippen molar-refractivity contribution in [2.75, 3.05) is 0 Å². The molecule has 0 atom stereocenters. The first kappa shape index (κ1) is 20.3. The molecular formula is C21H23ClO4. The van der Waals surface area contributed by atoms with Crippen LogP contribution in [0.3, 0.4) is 0 Å². The molecule has 26 heavy (non-hydrogen) atoms. The van der Waals surface area contributed by atoms with E-state index in [9.17, 15) is 19.8 Å². The average molecular weight is 375 g/mol. The molecule has 5 heteroatoms. The van der Waals surface area contributed by atoms with Crippen LogP contribution in [-0.2, 0) is 0 Å². The molecule has 0 aliphatic rings. The van der Waals surface area contributed by atoms with Gasteiger partial charge in [-0.05, 0) is 38.8 Å². The number of alkyl halides is 1. The van der Waals surface area contributed by atoms with Gasteiger partial charge in [0.2, 0.25) is 0 Å². The molecule has 0 aliphatic carbocycles. The fourth-order valence-electron chi connectivity index (χ4n) is 2.51. The van der Waals surface area contributed by atoms with Gasteiger partial charge in [0.25, 0.3) is 0 Å². The third-order valence-corrected chi connectivity index (χ3v) is 4.55. The Hall–Kier alpha value is -2.01. The van der Waals surface area contributed by atoms with Gasteiger partial charge in [-0.3, -0.25) is 9.59 Å². The highest BCUT2D eigenvalue weighted by Gasteiger charge is 2.26. The van der Waals surface area contributed by atoms with Crippen molar-refractivity contribution >= 4 is 23.2 Å². The van der Waals surface area contributed by atoms with E-state index < -0.39 is 16.6 Å². The summed E-state index contributed by atoms with van der Waals surface area (Å²) in [5.41, 5.74) is -0.441. The summed E-state index contributed by atoms with van der Waals surface area (Å²) < 4.78 is 0. The van der Waals surface area contributed by atoms with Crippen molar-refractivity contribution < 1.29 is 19.8 Å². The van der Waals surface area contributed by atoms with E-state index in [2.05, 4.69) is 0 Å². The number of Topliss-reactive ketones (excluding diaryl/α,β-unsaturated/α-hetero) is 2. The van der Waals surface area contributed by atoms with Crippen LogP contribution in [0.4, 0.5) is 0 Å². The van der Waals surface area contributed by atoms with E-state index >= 15 is 0 Å². The maximum Gasteiger partial charge on any atom is 0.193 e. The van der Waals surface area contributed by atoms with Gasteiger partial charge in [-0.1, -0.05) is 48.5 Å². The Morgan fingerprint density at radius 3 is 1.23 bits per heavy atom. The minimum atomic E-state index is -1.43. The lowest BCUT2D eigenvalue weighted by atomic mass is 9.93. The Morgan fingerprint density at radius 2 is 1.00 bits per heavy atom. The second kappa shape index (κ2) is 7.31. The summed E-state index contributed by atoms with van der Waals surface area (Å²) in [5.74, 6) is -0.714. The lowest BCUT2D eigenvalue weighted by Gasteiger charge is -2.17. The number of carbonyl (C=O) groups excluding carboxylic acids is 2. The Bertz CT molecular complexity index is 724. The average Bonchev–Trinajstić information content (AvgIpc) is 2.58. The van der Waals surface area contributed by atoms with Gasteiger partial charge in [0, 0.05) is 11.1 Å². The summed E-state index contributed by atoms with van der Waals surface area (Å²) in [4.78, 5) is 24.1. The second-order valence-corrected chi connectivity index (χ2v) is 7.82. The van der Waals surface area contributed by atoms with Crippen LogP contribution in [0.1, 0.15) is 64.9 Å². The van der Waals surface area contributed by atoms with Crippen molar-refractivity contribution in [2.45, 2.75) is 44.3 Å². The lowest BCUT2D eigenvalue weighted by molar-refractivity contribution is 0.0487. The van der Waals surface area contributed by atoms with E-state index in [-0.39, 0.29) is 11.6 Å². The molecule has 138 valence electrons. The predicted molar refractivity (Wildman–Crippen MR) is 102 cm³/mol. The molecule has 0 amide bonds. The SMILES string of the molecule is CC(C)(O)C(=O)c1ccc(C(Cl)c2ccc(C(=O)C(C)(C)O)cc2)cc1. The highest BCUT2D eigenvalue weighted by atomic mass is 35.5. The normalized spacial score (nSPS) is 12.3. The molecular weight excluding hydrogens is 352 g/mol. The van der Waals surface area contributed by atoms with Crippen LogP contribution in [0.5, 0.6) is 0 Å². The smallest absolute Gasteiger partial charge is 0.193 e. The van der Waals surface area contributed by atoms with E-state index in [4.69, 9.17) is 11.6 Å². The van der Waals surface area contributed by atoms with Crippen molar-refractivity contribution in [1.29, 1.82) is 0 Å². The van der Waals surface area contributed by atoms with Gasteiger partial charge in [0.15, 0.2) is 11.6 Å². The number of benzene rings is 2. The summed E-state index contributed by atoms with van der Waals surface area (Å²) in [6.07, 6.45) is 0. The first-order chi connectivity index (χ1) is 11.9. The van der Waals surface area contributed by atoms with Gasteiger partial charge in [-0.2, -0.15) is 0 Å². The molecule has 4 nitrogen and oxygen atoms in total. The highest BCUT2D eigenvalue weighted by Crippen LogP contribution is 2.30. The molecule has 0 aliphatic heterocycles. The van der Waals surface area contributed by atoms with Gasteiger partial charge in [-0.25, -0.2) is 0 Å². The molecule has 0 bridgehead atoms. The van der Waals surface area contributed by atoms with Crippen molar-refractivity contribution in [3.8, 4) is 0 Å². The summed E-state index contributed by atoms with van der Waals surface area (Å²) in [6, 6.07) is 13.5. The highest BCUT2D eigenvalue weighted by molar-refractivity contribution is 6.22. The Kier molecular flexibility index (Phi) is 5.71. The zero-order chi connectivity index (χ0) is 19.7. The van der Waals surface area contributed by atoms with Crippen LogP contribution in [0.25, 0.3) is 0 Å². The Balaban J connectivity index is 2.20. The molecule has 0 spiro atoms. The van der Waals surface area contributed by atoms with Gasteiger partial charge in [0.05, 0.1) is 5.38 Å². The molecule has 0 saturated heterocycles. The number of hydrogen-bond donors (Lipinski definition) is 2. The number of hydrogen-bond acceptors (Lipinski definition) is 4. The molecule has 0 saturated carbocycles. The van der Waals surface area contributed by atoms with Gasteiger partial charge < -0.3 is 10.2 Å². The number of ketones is 2. The third kappa shape index (κ3) is 4.58. The zero-order valence-corrected chi connectivity index (χ0v) is 16.0. The molecule has 0 radical (unpaired) electrons.